The number of nitrogens with zero attached hydrogens (tertiary/aromatic N) is 2. The largest absolute Gasteiger partial charge is 0.467 e. The Morgan fingerprint density at radius 3 is 2.65 bits per heavy atom. The molecule has 0 radical (unpaired) electrons. The minimum atomic E-state index is 0.0895. The second-order valence-corrected chi connectivity index (χ2v) is 6.46. The first-order chi connectivity index (χ1) is 11.1. The average molecular weight is 303 g/mol. The molecule has 23 heavy (non-hydrogen) atoms. The first-order valence-corrected chi connectivity index (χ1v) is 7.94. The minimum absolute atomic E-state index is 0.0895. The molecule has 0 saturated carbocycles. The highest BCUT2D eigenvalue weighted by molar-refractivity contribution is 6.82. The average Bonchev–Trinajstić information content (AvgIpc) is 2.88. The number of hydrogen-bond donors (Lipinski definition) is 0. The Bertz CT molecular complexity index is 942. The second-order valence-electron chi connectivity index (χ2n) is 6.46. The smallest absolute Gasteiger partial charge is 0.443 e. The Balaban J connectivity index is 1.99. The molecule has 1 aliphatic rings. The van der Waals surface area contributed by atoms with Crippen molar-refractivity contribution in [2.75, 3.05) is 7.05 Å². The molecular weight excluding hydrogens is 283 g/mol. The molecule has 4 heteroatoms. The van der Waals surface area contributed by atoms with E-state index in [0.29, 0.717) is 0 Å². The summed E-state index contributed by atoms with van der Waals surface area (Å²) in [6, 6.07) is 12.7. The normalized spacial score (nSPS) is 14.2. The molecule has 4 rings (SSSR count). The lowest BCUT2D eigenvalue weighted by atomic mass is 9.52. The van der Waals surface area contributed by atoms with Crippen molar-refractivity contribution < 1.29 is 8.98 Å². The van der Waals surface area contributed by atoms with E-state index in [2.05, 4.69) is 74.0 Å². The van der Waals surface area contributed by atoms with Gasteiger partial charge in [0, 0.05) is 16.5 Å². The summed E-state index contributed by atoms with van der Waals surface area (Å²) < 4.78 is 8.48. The summed E-state index contributed by atoms with van der Waals surface area (Å²) in [7, 11) is 4.22. The SMILES string of the molecule is CC1=CN(C)B(c2ccc(C)c[n+]2C)c2oc3ccccc3c21. The topological polar surface area (TPSA) is 20.3 Å². The molecule has 2 aromatic heterocycles. The van der Waals surface area contributed by atoms with Gasteiger partial charge in [0.2, 0.25) is 0 Å². The van der Waals surface area contributed by atoms with Crippen LogP contribution in [0.1, 0.15) is 18.1 Å². The van der Waals surface area contributed by atoms with Gasteiger partial charge in [-0.1, -0.05) is 18.2 Å². The van der Waals surface area contributed by atoms with Crippen LogP contribution in [0.5, 0.6) is 0 Å². The number of allylic oxidation sites excluding steroid dienone is 1. The van der Waals surface area contributed by atoms with Crippen LogP contribution < -0.4 is 15.8 Å². The van der Waals surface area contributed by atoms with Gasteiger partial charge in [-0.25, -0.2) is 4.57 Å². The van der Waals surface area contributed by atoms with Crippen molar-refractivity contribution in [3.8, 4) is 0 Å². The van der Waals surface area contributed by atoms with Gasteiger partial charge in [0.05, 0.1) is 0 Å². The fourth-order valence-corrected chi connectivity index (χ4v) is 3.68. The molecule has 3 heterocycles. The van der Waals surface area contributed by atoms with E-state index in [0.717, 1.165) is 11.2 Å². The summed E-state index contributed by atoms with van der Waals surface area (Å²) in [4.78, 5) is 2.24. The quantitative estimate of drug-likeness (QED) is 0.506. The molecule has 1 aliphatic heterocycles. The zero-order valence-electron chi connectivity index (χ0n) is 14.0. The van der Waals surface area contributed by atoms with Crippen molar-refractivity contribution in [1.82, 2.24) is 4.81 Å². The number of fused-ring (bicyclic) bond motifs is 3. The Morgan fingerprint density at radius 1 is 1.09 bits per heavy atom. The van der Waals surface area contributed by atoms with Crippen LogP contribution in [0, 0.1) is 6.92 Å². The molecule has 0 fully saturated rings. The van der Waals surface area contributed by atoms with Crippen molar-refractivity contribution in [3.05, 3.63) is 59.9 Å². The first-order valence-electron chi connectivity index (χ1n) is 7.94. The predicted molar refractivity (Wildman–Crippen MR) is 95.0 cm³/mol. The van der Waals surface area contributed by atoms with Crippen LogP contribution in [0.4, 0.5) is 0 Å². The molecule has 0 atom stereocenters. The minimum Gasteiger partial charge on any atom is -0.467 e. The Hall–Kier alpha value is -2.49. The molecule has 0 bridgehead atoms. The Labute approximate surface area is 136 Å². The zero-order chi connectivity index (χ0) is 16.1. The highest BCUT2D eigenvalue weighted by Crippen LogP contribution is 2.28. The molecule has 114 valence electrons. The van der Waals surface area contributed by atoms with Crippen LogP contribution in [0.25, 0.3) is 16.5 Å². The van der Waals surface area contributed by atoms with E-state index in [-0.39, 0.29) is 6.85 Å². The van der Waals surface area contributed by atoms with Gasteiger partial charge in [-0.15, -0.1) is 0 Å². The Kier molecular flexibility index (Phi) is 3.08. The number of furan rings is 1. The van der Waals surface area contributed by atoms with Gasteiger partial charge in [0.15, 0.2) is 11.8 Å². The maximum atomic E-state index is 6.29. The third kappa shape index (κ3) is 2.09. The van der Waals surface area contributed by atoms with Crippen molar-refractivity contribution in [3.63, 3.8) is 0 Å². The number of para-hydroxylation sites is 1. The molecule has 0 spiro atoms. The number of aromatic nitrogens is 1. The summed E-state index contributed by atoms with van der Waals surface area (Å²) in [6.45, 7) is 4.36. The third-order valence-electron chi connectivity index (χ3n) is 4.67. The van der Waals surface area contributed by atoms with Crippen LogP contribution in [0.15, 0.2) is 53.2 Å². The molecule has 0 aliphatic carbocycles. The van der Waals surface area contributed by atoms with Crippen molar-refractivity contribution in [2.24, 2.45) is 7.05 Å². The summed E-state index contributed by atoms with van der Waals surface area (Å²) in [5, 5.41) is 1.20. The van der Waals surface area contributed by atoms with E-state index >= 15 is 0 Å². The molecule has 0 N–H and O–H groups in total. The highest BCUT2D eigenvalue weighted by Gasteiger charge is 2.40. The number of pyridine rings is 1. The lowest BCUT2D eigenvalue weighted by Crippen LogP contribution is -2.65. The standard InChI is InChI=1S/C19H20BN2O/c1-13-9-10-17(21(3)11-13)20-19-18(14(2)12-22(20)4)15-7-5-6-8-16(15)23-19/h5-12H,1-4H3/q+1. The molecule has 3 nitrogen and oxygen atoms in total. The fraction of sp³-hybridized carbons (Fsp3) is 0.211. The van der Waals surface area contributed by atoms with Crippen LogP contribution in [0.2, 0.25) is 0 Å². The van der Waals surface area contributed by atoms with Gasteiger partial charge in [-0.05, 0) is 50.9 Å². The number of aryl methyl sites for hydroxylation is 2. The van der Waals surface area contributed by atoms with Crippen LogP contribution in [-0.2, 0) is 7.05 Å². The maximum Gasteiger partial charge on any atom is 0.443 e. The summed E-state index contributed by atoms with van der Waals surface area (Å²) >= 11 is 0. The van der Waals surface area contributed by atoms with E-state index in [1.807, 2.05) is 12.1 Å². The van der Waals surface area contributed by atoms with Gasteiger partial charge < -0.3 is 9.23 Å². The number of hydrogen-bond acceptors (Lipinski definition) is 2. The van der Waals surface area contributed by atoms with Gasteiger partial charge in [0.1, 0.15) is 18.3 Å². The predicted octanol–water partition coefficient (Wildman–Crippen LogP) is 1.98. The molecule has 0 unspecified atom stereocenters. The van der Waals surface area contributed by atoms with E-state index in [9.17, 15) is 0 Å². The van der Waals surface area contributed by atoms with E-state index in [1.54, 1.807) is 0 Å². The number of benzene rings is 1. The molecule has 0 amide bonds. The van der Waals surface area contributed by atoms with Gasteiger partial charge >= 0.3 is 6.85 Å². The van der Waals surface area contributed by atoms with E-state index in [1.165, 1.54) is 27.7 Å². The van der Waals surface area contributed by atoms with Crippen molar-refractivity contribution in [1.29, 1.82) is 0 Å². The molecular formula is C19H20BN2O+. The van der Waals surface area contributed by atoms with Gasteiger partial charge in [0.25, 0.3) is 0 Å². The van der Waals surface area contributed by atoms with Gasteiger partial charge in [-0.2, -0.15) is 0 Å². The van der Waals surface area contributed by atoms with Crippen LogP contribution in [0.3, 0.4) is 0 Å². The van der Waals surface area contributed by atoms with Crippen LogP contribution >= 0.6 is 0 Å². The second kappa shape index (κ2) is 5.02. The maximum absolute atomic E-state index is 6.29. The summed E-state index contributed by atoms with van der Waals surface area (Å²) in [5.74, 6) is 0. The monoisotopic (exact) mass is 303 g/mol. The Morgan fingerprint density at radius 2 is 1.87 bits per heavy atom. The fourth-order valence-electron chi connectivity index (χ4n) is 3.68. The highest BCUT2D eigenvalue weighted by atomic mass is 16.3. The lowest BCUT2D eigenvalue weighted by Gasteiger charge is -2.26. The van der Waals surface area contributed by atoms with Gasteiger partial charge in [-0.3, -0.25) is 0 Å². The van der Waals surface area contributed by atoms with E-state index < -0.39 is 0 Å². The summed E-state index contributed by atoms with van der Waals surface area (Å²) in [6.07, 6.45) is 4.38. The van der Waals surface area contributed by atoms with Crippen molar-refractivity contribution in [2.45, 2.75) is 13.8 Å². The lowest BCUT2D eigenvalue weighted by molar-refractivity contribution is -0.654. The van der Waals surface area contributed by atoms with E-state index in [4.69, 9.17) is 4.42 Å². The zero-order valence-corrected chi connectivity index (χ0v) is 14.0. The molecule has 3 aromatic rings. The third-order valence-corrected chi connectivity index (χ3v) is 4.67. The van der Waals surface area contributed by atoms with Crippen LogP contribution in [-0.4, -0.2) is 18.7 Å². The van der Waals surface area contributed by atoms with Crippen molar-refractivity contribution >= 4 is 34.6 Å². The number of rotatable bonds is 1. The molecule has 0 saturated heterocycles. The molecule has 1 aromatic carbocycles. The first kappa shape index (κ1) is 14.1. The summed E-state index contributed by atoms with van der Waals surface area (Å²) in [5.41, 5.74) is 6.96.